The molecule has 3 nitrogen and oxygen atoms in total. The molecule has 0 aliphatic heterocycles. The largest absolute Gasteiger partial charge is 0.465 e. The molecule has 5 heteroatoms. The van der Waals surface area contributed by atoms with Gasteiger partial charge < -0.3 is 4.74 Å². The van der Waals surface area contributed by atoms with E-state index in [0.717, 1.165) is 0 Å². The standard InChI is InChI=1S/C10H7BrClNO2/c1-15-10(14)9-7(4-11)2-6(5-13)3-8(9)12/h2-3H,4H2,1H3. The van der Waals surface area contributed by atoms with E-state index < -0.39 is 5.97 Å². The number of nitriles is 1. The molecule has 0 amide bonds. The Morgan fingerprint density at radius 3 is 2.80 bits per heavy atom. The molecule has 0 heterocycles. The summed E-state index contributed by atoms with van der Waals surface area (Å²) in [6.45, 7) is 0. The minimum absolute atomic E-state index is 0.232. The Morgan fingerprint density at radius 2 is 2.33 bits per heavy atom. The van der Waals surface area contributed by atoms with Crippen LogP contribution in [0.2, 0.25) is 5.02 Å². The predicted octanol–water partition coefficient (Wildman–Crippen LogP) is 2.89. The average Bonchev–Trinajstić information content (AvgIpc) is 2.26. The summed E-state index contributed by atoms with van der Waals surface area (Å²) in [4.78, 5) is 11.4. The highest BCUT2D eigenvalue weighted by atomic mass is 79.9. The number of nitrogens with zero attached hydrogens (tertiary/aromatic N) is 1. The van der Waals surface area contributed by atoms with Gasteiger partial charge in [0.15, 0.2) is 0 Å². The quantitative estimate of drug-likeness (QED) is 0.621. The molecule has 15 heavy (non-hydrogen) atoms. The van der Waals surface area contributed by atoms with Crippen LogP contribution < -0.4 is 0 Å². The molecule has 0 atom stereocenters. The van der Waals surface area contributed by atoms with Crippen LogP contribution in [0.15, 0.2) is 12.1 Å². The second-order valence-corrected chi connectivity index (χ2v) is 3.70. The Labute approximate surface area is 101 Å². The number of carbonyl (C=O) groups is 1. The fraction of sp³-hybridized carbons (Fsp3) is 0.200. The van der Waals surface area contributed by atoms with Crippen LogP contribution >= 0.6 is 27.5 Å². The summed E-state index contributed by atoms with van der Waals surface area (Å²) in [6, 6.07) is 5.02. The molecule has 1 aromatic carbocycles. The minimum atomic E-state index is -0.501. The summed E-state index contributed by atoms with van der Waals surface area (Å²) < 4.78 is 4.61. The Bertz CT molecular complexity index is 440. The zero-order chi connectivity index (χ0) is 11.4. The molecular formula is C10H7BrClNO2. The van der Waals surface area contributed by atoms with E-state index in [1.54, 1.807) is 6.07 Å². The third kappa shape index (κ3) is 2.49. The number of carbonyl (C=O) groups excluding carboxylic acids is 1. The van der Waals surface area contributed by atoms with Crippen molar-refractivity contribution in [3.63, 3.8) is 0 Å². The van der Waals surface area contributed by atoms with Crippen LogP contribution in [0.4, 0.5) is 0 Å². The Balaban J connectivity index is 3.39. The third-order valence-corrected chi connectivity index (χ3v) is 2.74. The highest BCUT2D eigenvalue weighted by Crippen LogP contribution is 2.25. The summed E-state index contributed by atoms with van der Waals surface area (Å²) in [5.74, 6) is -0.501. The molecule has 0 aliphatic rings. The van der Waals surface area contributed by atoms with E-state index in [1.165, 1.54) is 13.2 Å². The monoisotopic (exact) mass is 287 g/mol. The summed E-state index contributed by atoms with van der Waals surface area (Å²) in [7, 11) is 1.29. The topological polar surface area (TPSA) is 50.1 Å². The summed E-state index contributed by atoms with van der Waals surface area (Å²) in [5, 5.41) is 9.40. The van der Waals surface area contributed by atoms with E-state index in [1.807, 2.05) is 6.07 Å². The van der Waals surface area contributed by atoms with Crippen molar-refractivity contribution in [2.45, 2.75) is 5.33 Å². The number of rotatable bonds is 2. The molecule has 0 spiro atoms. The predicted molar refractivity (Wildman–Crippen MR) is 60.1 cm³/mol. The van der Waals surface area contributed by atoms with Gasteiger partial charge in [-0.3, -0.25) is 0 Å². The maximum atomic E-state index is 11.4. The lowest BCUT2D eigenvalue weighted by Crippen LogP contribution is -2.06. The highest BCUT2D eigenvalue weighted by molar-refractivity contribution is 9.08. The van der Waals surface area contributed by atoms with E-state index in [-0.39, 0.29) is 5.02 Å². The van der Waals surface area contributed by atoms with Gasteiger partial charge in [0.1, 0.15) is 0 Å². The zero-order valence-electron chi connectivity index (χ0n) is 7.88. The number of alkyl halides is 1. The second-order valence-electron chi connectivity index (χ2n) is 2.73. The van der Waals surface area contributed by atoms with E-state index in [4.69, 9.17) is 16.9 Å². The van der Waals surface area contributed by atoms with E-state index in [0.29, 0.717) is 22.0 Å². The Morgan fingerprint density at radius 1 is 1.67 bits per heavy atom. The SMILES string of the molecule is COC(=O)c1c(Cl)cc(C#N)cc1CBr. The highest BCUT2D eigenvalue weighted by Gasteiger charge is 2.16. The molecule has 1 rings (SSSR count). The van der Waals surface area contributed by atoms with Gasteiger partial charge in [-0.1, -0.05) is 27.5 Å². The average molecular weight is 289 g/mol. The lowest BCUT2D eigenvalue weighted by Gasteiger charge is -2.07. The van der Waals surface area contributed by atoms with Crippen molar-refractivity contribution in [3.8, 4) is 6.07 Å². The van der Waals surface area contributed by atoms with Crippen LogP contribution in [0.3, 0.4) is 0 Å². The van der Waals surface area contributed by atoms with Gasteiger partial charge in [0.05, 0.1) is 29.3 Å². The first-order valence-electron chi connectivity index (χ1n) is 4.00. The van der Waals surface area contributed by atoms with Gasteiger partial charge in [0.2, 0.25) is 0 Å². The van der Waals surface area contributed by atoms with Gasteiger partial charge in [0.25, 0.3) is 0 Å². The summed E-state index contributed by atoms with van der Waals surface area (Å²) >= 11 is 9.12. The first-order valence-corrected chi connectivity index (χ1v) is 5.50. The van der Waals surface area contributed by atoms with Gasteiger partial charge >= 0.3 is 5.97 Å². The van der Waals surface area contributed by atoms with Gasteiger partial charge in [0, 0.05) is 5.33 Å². The van der Waals surface area contributed by atoms with Gasteiger partial charge in [-0.05, 0) is 17.7 Å². The molecule has 0 aliphatic carbocycles. The van der Waals surface area contributed by atoms with Crippen molar-refractivity contribution in [1.29, 1.82) is 5.26 Å². The first-order chi connectivity index (χ1) is 7.13. The van der Waals surface area contributed by atoms with Crippen LogP contribution in [-0.2, 0) is 10.1 Å². The molecule has 0 fully saturated rings. The second kappa shape index (κ2) is 5.15. The first kappa shape index (κ1) is 12.0. The van der Waals surface area contributed by atoms with Gasteiger partial charge in [-0.2, -0.15) is 5.26 Å². The maximum absolute atomic E-state index is 11.4. The Kier molecular flexibility index (Phi) is 4.13. The maximum Gasteiger partial charge on any atom is 0.339 e. The van der Waals surface area contributed by atoms with E-state index in [9.17, 15) is 4.79 Å². The molecule has 0 saturated carbocycles. The van der Waals surface area contributed by atoms with Crippen molar-refractivity contribution >= 4 is 33.5 Å². The van der Waals surface area contributed by atoms with Crippen molar-refractivity contribution < 1.29 is 9.53 Å². The fourth-order valence-electron chi connectivity index (χ4n) is 1.16. The number of benzene rings is 1. The summed E-state index contributed by atoms with van der Waals surface area (Å²) in [5.41, 5.74) is 1.36. The molecule has 0 bridgehead atoms. The lowest BCUT2D eigenvalue weighted by molar-refractivity contribution is 0.0600. The van der Waals surface area contributed by atoms with Gasteiger partial charge in [-0.15, -0.1) is 0 Å². The minimum Gasteiger partial charge on any atom is -0.465 e. The van der Waals surface area contributed by atoms with Crippen LogP contribution in [0, 0.1) is 11.3 Å². The molecule has 0 saturated heterocycles. The van der Waals surface area contributed by atoms with Crippen molar-refractivity contribution in [2.75, 3.05) is 7.11 Å². The normalized spacial score (nSPS) is 9.47. The fourth-order valence-corrected chi connectivity index (χ4v) is 1.92. The number of halogens is 2. The van der Waals surface area contributed by atoms with Crippen LogP contribution in [0.1, 0.15) is 21.5 Å². The molecule has 1 aromatic rings. The molecule has 78 valence electrons. The molecule has 0 N–H and O–H groups in total. The number of esters is 1. The summed E-state index contributed by atoms with van der Waals surface area (Å²) in [6.07, 6.45) is 0. The number of hydrogen-bond donors (Lipinski definition) is 0. The molecular weight excluding hydrogens is 281 g/mol. The third-order valence-electron chi connectivity index (χ3n) is 1.83. The van der Waals surface area contributed by atoms with Crippen molar-refractivity contribution in [1.82, 2.24) is 0 Å². The van der Waals surface area contributed by atoms with Crippen LogP contribution in [-0.4, -0.2) is 13.1 Å². The number of methoxy groups -OCH3 is 1. The number of ether oxygens (including phenoxy) is 1. The Hall–Kier alpha value is -1.05. The van der Waals surface area contributed by atoms with E-state index >= 15 is 0 Å². The number of hydrogen-bond acceptors (Lipinski definition) is 3. The zero-order valence-corrected chi connectivity index (χ0v) is 10.2. The molecule has 0 radical (unpaired) electrons. The van der Waals surface area contributed by atoms with Crippen molar-refractivity contribution in [3.05, 3.63) is 33.8 Å². The van der Waals surface area contributed by atoms with Crippen LogP contribution in [0.5, 0.6) is 0 Å². The molecule has 0 unspecified atom stereocenters. The van der Waals surface area contributed by atoms with Crippen molar-refractivity contribution in [2.24, 2.45) is 0 Å². The van der Waals surface area contributed by atoms with Gasteiger partial charge in [-0.25, -0.2) is 4.79 Å². The van der Waals surface area contributed by atoms with E-state index in [2.05, 4.69) is 20.7 Å². The van der Waals surface area contributed by atoms with Crippen LogP contribution in [0.25, 0.3) is 0 Å². The smallest absolute Gasteiger partial charge is 0.339 e. The molecule has 0 aromatic heterocycles. The lowest BCUT2D eigenvalue weighted by atomic mass is 10.1.